The van der Waals surface area contributed by atoms with Crippen LogP contribution in [-0.4, -0.2) is 52.4 Å². The van der Waals surface area contributed by atoms with E-state index in [4.69, 9.17) is 19.3 Å². The number of carboxylic acid groups (broad SMARTS) is 1. The van der Waals surface area contributed by atoms with Gasteiger partial charge in [0.25, 0.3) is 5.91 Å². The standard InChI is InChI=1S/C31H27N5O6/c1-19-24-15-22(21-9-12-28(40-2)32-17-21)16-27(29(24)34-18-33-19)42-14-13-41-23-10-7-20(8-11-23)30(37)35-25-5-3-4-6-26(25)36-31(38)39/h3-12,15-18,36H,13-14H2,1-2H3,(H,35,37)(H,38,39). The number of ether oxygens (including phenoxy) is 3. The van der Waals surface area contributed by atoms with Crippen LogP contribution in [0.25, 0.3) is 22.0 Å². The number of carbonyl (C=O) groups excluding carboxylic acids is 1. The molecular formula is C31H27N5O6. The van der Waals surface area contributed by atoms with E-state index in [1.165, 1.54) is 6.33 Å². The molecule has 42 heavy (non-hydrogen) atoms. The van der Waals surface area contributed by atoms with E-state index in [2.05, 4.69) is 25.6 Å². The molecule has 0 saturated carbocycles. The van der Waals surface area contributed by atoms with E-state index in [0.717, 1.165) is 22.2 Å². The second-order valence-corrected chi connectivity index (χ2v) is 9.07. The molecule has 0 fully saturated rings. The van der Waals surface area contributed by atoms with Crippen molar-refractivity contribution in [3.05, 3.63) is 96.6 Å². The molecule has 0 aliphatic heterocycles. The molecule has 5 rings (SSSR count). The average molecular weight is 566 g/mol. The molecule has 0 spiro atoms. The van der Waals surface area contributed by atoms with Crippen molar-refractivity contribution in [3.8, 4) is 28.5 Å². The van der Waals surface area contributed by atoms with Gasteiger partial charge in [-0.1, -0.05) is 12.1 Å². The van der Waals surface area contributed by atoms with E-state index in [9.17, 15) is 9.59 Å². The lowest BCUT2D eigenvalue weighted by atomic mass is 10.0. The number of rotatable bonds is 10. The summed E-state index contributed by atoms with van der Waals surface area (Å²) in [5, 5.41) is 14.9. The van der Waals surface area contributed by atoms with Crippen LogP contribution >= 0.6 is 0 Å². The maximum Gasteiger partial charge on any atom is 0.409 e. The van der Waals surface area contributed by atoms with Gasteiger partial charge < -0.3 is 24.6 Å². The summed E-state index contributed by atoms with van der Waals surface area (Å²) >= 11 is 0. The third-order valence-electron chi connectivity index (χ3n) is 6.32. The molecule has 5 aromatic rings. The summed E-state index contributed by atoms with van der Waals surface area (Å²) in [5.74, 6) is 1.29. The van der Waals surface area contributed by atoms with Gasteiger partial charge in [-0.2, -0.15) is 0 Å². The third-order valence-corrected chi connectivity index (χ3v) is 6.32. The molecule has 0 unspecified atom stereocenters. The van der Waals surface area contributed by atoms with Crippen molar-refractivity contribution in [2.24, 2.45) is 0 Å². The highest BCUT2D eigenvalue weighted by molar-refractivity contribution is 6.06. The number of nitrogens with zero attached hydrogens (tertiary/aromatic N) is 3. The normalized spacial score (nSPS) is 10.6. The molecule has 2 heterocycles. The zero-order chi connectivity index (χ0) is 29.5. The molecule has 0 saturated heterocycles. The van der Waals surface area contributed by atoms with Gasteiger partial charge in [-0.05, 0) is 67.1 Å². The Hall–Kier alpha value is -5.71. The molecule has 11 heteroatoms. The minimum absolute atomic E-state index is 0.248. The summed E-state index contributed by atoms with van der Waals surface area (Å²) < 4.78 is 17.1. The molecule has 0 atom stereocenters. The van der Waals surface area contributed by atoms with Gasteiger partial charge in [-0.25, -0.2) is 19.7 Å². The fourth-order valence-corrected chi connectivity index (χ4v) is 4.23. The van der Waals surface area contributed by atoms with Crippen molar-refractivity contribution in [2.75, 3.05) is 31.0 Å². The first-order valence-corrected chi connectivity index (χ1v) is 12.9. The number of aryl methyl sites for hydroxylation is 1. The van der Waals surface area contributed by atoms with Crippen LogP contribution in [0.5, 0.6) is 17.4 Å². The Kier molecular flexibility index (Phi) is 8.38. The summed E-state index contributed by atoms with van der Waals surface area (Å²) in [7, 11) is 1.57. The van der Waals surface area contributed by atoms with Gasteiger partial charge in [0, 0.05) is 34.5 Å². The van der Waals surface area contributed by atoms with Gasteiger partial charge in [-0.15, -0.1) is 0 Å². The number of nitrogens with one attached hydrogen (secondary N) is 2. The number of methoxy groups -OCH3 is 1. The van der Waals surface area contributed by atoms with Crippen molar-refractivity contribution in [1.82, 2.24) is 15.0 Å². The van der Waals surface area contributed by atoms with Crippen molar-refractivity contribution >= 4 is 34.3 Å². The Morgan fingerprint density at radius 2 is 1.57 bits per heavy atom. The van der Waals surface area contributed by atoms with Crippen LogP contribution in [0.2, 0.25) is 0 Å². The molecule has 0 bridgehead atoms. The van der Waals surface area contributed by atoms with Gasteiger partial charge in [0.1, 0.15) is 36.6 Å². The lowest BCUT2D eigenvalue weighted by Crippen LogP contribution is -2.15. The van der Waals surface area contributed by atoms with Crippen LogP contribution in [0, 0.1) is 6.92 Å². The number of anilines is 2. The van der Waals surface area contributed by atoms with Gasteiger partial charge in [-0.3, -0.25) is 10.1 Å². The largest absolute Gasteiger partial charge is 0.490 e. The zero-order valence-electron chi connectivity index (χ0n) is 22.8. The minimum atomic E-state index is -1.22. The number of fused-ring (bicyclic) bond motifs is 1. The summed E-state index contributed by atoms with van der Waals surface area (Å²) in [6, 6.07) is 20.8. The SMILES string of the molecule is COc1ccc(-c2cc(OCCOc3ccc(C(=O)Nc4ccccc4NC(=O)O)cc3)c3ncnc(C)c3c2)cn1. The number of hydrogen-bond acceptors (Lipinski definition) is 8. The topological polar surface area (TPSA) is 145 Å². The van der Waals surface area contributed by atoms with Crippen LogP contribution in [0.4, 0.5) is 16.2 Å². The second-order valence-electron chi connectivity index (χ2n) is 9.07. The number of para-hydroxylation sites is 2. The van der Waals surface area contributed by atoms with Crippen LogP contribution in [0.3, 0.4) is 0 Å². The second kappa shape index (κ2) is 12.6. The maximum absolute atomic E-state index is 12.7. The van der Waals surface area contributed by atoms with Crippen LogP contribution in [-0.2, 0) is 0 Å². The summed E-state index contributed by atoms with van der Waals surface area (Å²) in [6.45, 7) is 2.42. The van der Waals surface area contributed by atoms with E-state index in [1.54, 1.807) is 67.9 Å². The number of hydrogen-bond donors (Lipinski definition) is 3. The fraction of sp³-hybridized carbons (Fsp3) is 0.129. The van der Waals surface area contributed by atoms with Crippen LogP contribution in [0.1, 0.15) is 16.1 Å². The summed E-state index contributed by atoms with van der Waals surface area (Å²) in [4.78, 5) is 36.8. The first kappa shape index (κ1) is 27.8. The predicted molar refractivity (Wildman–Crippen MR) is 158 cm³/mol. The zero-order valence-corrected chi connectivity index (χ0v) is 22.8. The number of amides is 2. The number of benzene rings is 3. The number of carbonyl (C=O) groups is 2. The quantitative estimate of drug-likeness (QED) is 0.179. The van der Waals surface area contributed by atoms with E-state index in [-0.39, 0.29) is 24.8 Å². The number of aromatic nitrogens is 3. The lowest BCUT2D eigenvalue weighted by molar-refractivity contribution is 0.102. The van der Waals surface area contributed by atoms with Gasteiger partial charge in [0.2, 0.25) is 5.88 Å². The van der Waals surface area contributed by atoms with Crippen molar-refractivity contribution in [2.45, 2.75) is 6.92 Å². The molecule has 2 aromatic heterocycles. The van der Waals surface area contributed by atoms with Gasteiger partial charge in [0.15, 0.2) is 0 Å². The average Bonchev–Trinajstić information content (AvgIpc) is 3.00. The van der Waals surface area contributed by atoms with Crippen molar-refractivity contribution < 1.29 is 28.9 Å². The maximum atomic E-state index is 12.7. The fourth-order valence-electron chi connectivity index (χ4n) is 4.23. The Bertz CT molecular complexity index is 1730. The number of pyridine rings is 1. The first-order chi connectivity index (χ1) is 20.4. The monoisotopic (exact) mass is 565 g/mol. The van der Waals surface area contributed by atoms with E-state index in [0.29, 0.717) is 34.1 Å². The molecule has 0 aliphatic rings. The summed E-state index contributed by atoms with van der Waals surface area (Å²) in [5.41, 5.74) is 4.34. The molecule has 3 N–H and O–H groups in total. The molecule has 212 valence electrons. The Morgan fingerprint density at radius 3 is 2.26 bits per heavy atom. The molecule has 2 amide bonds. The minimum Gasteiger partial charge on any atom is -0.490 e. The molecule has 0 radical (unpaired) electrons. The van der Waals surface area contributed by atoms with Gasteiger partial charge >= 0.3 is 6.09 Å². The Labute approximate surface area is 241 Å². The van der Waals surface area contributed by atoms with E-state index < -0.39 is 6.09 Å². The smallest absolute Gasteiger partial charge is 0.409 e. The van der Waals surface area contributed by atoms with E-state index >= 15 is 0 Å². The van der Waals surface area contributed by atoms with Crippen molar-refractivity contribution in [3.63, 3.8) is 0 Å². The summed E-state index contributed by atoms with van der Waals surface area (Å²) in [6.07, 6.45) is 2.02. The highest BCUT2D eigenvalue weighted by Gasteiger charge is 2.13. The third kappa shape index (κ3) is 6.53. The Balaban J connectivity index is 1.22. The highest BCUT2D eigenvalue weighted by atomic mass is 16.5. The predicted octanol–water partition coefficient (Wildman–Crippen LogP) is 5.81. The highest BCUT2D eigenvalue weighted by Crippen LogP contribution is 2.32. The molecule has 11 nitrogen and oxygen atoms in total. The van der Waals surface area contributed by atoms with Crippen molar-refractivity contribution in [1.29, 1.82) is 0 Å². The molecule has 0 aliphatic carbocycles. The Morgan fingerprint density at radius 1 is 0.833 bits per heavy atom. The lowest BCUT2D eigenvalue weighted by Gasteiger charge is -2.13. The van der Waals surface area contributed by atoms with E-state index in [1.807, 2.05) is 25.1 Å². The first-order valence-electron chi connectivity index (χ1n) is 12.9. The molecule has 3 aromatic carbocycles. The van der Waals surface area contributed by atoms with Gasteiger partial charge in [0.05, 0.1) is 18.5 Å². The van der Waals surface area contributed by atoms with Crippen LogP contribution in [0.15, 0.2) is 85.3 Å². The molecular weight excluding hydrogens is 538 g/mol. The van der Waals surface area contributed by atoms with Crippen LogP contribution < -0.4 is 24.8 Å².